The molecule has 4 rings (SSSR count). The first kappa shape index (κ1) is 16.0. The number of hydrogen-bond acceptors (Lipinski definition) is 6. The van der Waals surface area contributed by atoms with E-state index in [1.54, 1.807) is 12.7 Å². The van der Waals surface area contributed by atoms with E-state index >= 15 is 0 Å². The van der Waals surface area contributed by atoms with Crippen molar-refractivity contribution in [1.29, 1.82) is 0 Å². The Morgan fingerprint density at radius 2 is 2.28 bits per heavy atom. The van der Waals surface area contributed by atoms with E-state index in [4.69, 9.17) is 4.52 Å². The highest BCUT2D eigenvalue weighted by Crippen LogP contribution is 2.21. The maximum absolute atomic E-state index is 5.47. The summed E-state index contributed by atoms with van der Waals surface area (Å²) in [4.78, 5) is 11.0. The Hall–Kier alpha value is -2.54. The largest absolute Gasteiger partial charge is 0.338 e. The van der Waals surface area contributed by atoms with Gasteiger partial charge in [-0.2, -0.15) is 10.1 Å². The van der Waals surface area contributed by atoms with Gasteiger partial charge in [0.25, 0.3) is 0 Å². The van der Waals surface area contributed by atoms with Gasteiger partial charge in [0.1, 0.15) is 12.7 Å². The molecule has 0 unspecified atom stereocenters. The van der Waals surface area contributed by atoms with Gasteiger partial charge in [-0.25, -0.2) is 4.98 Å². The average molecular weight is 338 g/mol. The zero-order valence-electron chi connectivity index (χ0n) is 14.4. The van der Waals surface area contributed by atoms with E-state index in [0.29, 0.717) is 24.2 Å². The van der Waals surface area contributed by atoms with Crippen LogP contribution >= 0.6 is 0 Å². The molecule has 1 aliphatic rings. The maximum atomic E-state index is 5.47. The van der Waals surface area contributed by atoms with Crippen molar-refractivity contribution in [3.05, 3.63) is 48.4 Å². The van der Waals surface area contributed by atoms with E-state index < -0.39 is 0 Å². The summed E-state index contributed by atoms with van der Waals surface area (Å²) in [5, 5.41) is 8.35. The van der Waals surface area contributed by atoms with Gasteiger partial charge in [-0.1, -0.05) is 28.9 Å². The molecule has 7 heteroatoms. The van der Waals surface area contributed by atoms with E-state index in [0.717, 1.165) is 25.2 Å². The number of rotatable bonds is 5. The van der Waals surface area contributed by atoms with Crippen molar-refractivity contribution in [3.63, 3.8) is 0 Å². The van der Waals surface area contributed by atoms with E-state index in [1.807, 2.05) is 16.8 Å². The monoisotopic (exact) mass is 338 g/mol. The minimum absolute atomic E-state index is 0.578. The lowest BCUT2D eigenvalue weighted by atomic mass is 9.98. The van der Waals surface area contributed by atoms with Crippen molar-refractivity contribution < 1.29 is 4.52 Å². The molecule has 25 heavy (non-hydrogen) atoms. The third kappa shape index (κ3) is 3.93. The molecule has 0 spiro atoms. The fourth-order valence-electron chi connectivity index (χ4n) is 3.45. The SMILES string of the molecule is Cc1cccc(-c2noc(CN3CCC[C@H](Cn4cncn4)C3)n2)c1. The van der Waals surface area contributed by atoms with Crippen LogP contribution in [-0.2, 0) is 13.1 Å². The molecular formula is C18H22N6O. The van der Waals surface area contributed by atoms with Gasteiger partial charge in [0, 0.05) is 18.7 Å². The van der Waals surface area contributed by atoms with Crippen LogP contribution in [-0.4, -0.2) is 42.9 Å². The molecule has 3 aromatic rings. The van der Waals surface area contributed by atoms with Crippen LogP contribution in [0, 0.1) is 12.8 Å². The predicted octanol–water partition coefficient (Wildman–Crippen LogP) is 2.55. The molecule has 1 aliphatic heterocycles. The minimum Gasteiger partial charge on any atom is -0.338 e. The molecule has 0 radical (unpaired) electrons. The van der Waals surface area contributed by atoms with Crippen LogP contribution in [0.3, 0.4) is 0 Å². The van der Waals surface area contributed by atoms with Gasteiger partial charge in [0.05, 0.1) is 6.54 Å². The van der Waals surface area contributed by atoms with Crippen LogP contribution in [0.25, 0.3) is 11.4 Å². The molecular weight excluding hydrogens is 316 g/mol. The highest BCUT2D eigenvalue weighted by molar-refractivity contribution is 5.55. The summed E-state index contributed by atoms with van der Waals surface area (Å²) in [7, 11) is 0. The first-order valence-electron chi connectivity index (χ1n) is 8.70. The molecule has 3 heterocycles. The van der Waals surface area contributed by atoms with Gasteiger partial charge < -0.3 is 4.52 Å². The van der Waals surface area contributed by atoms with Crippen molar-refractivity contribution in [2.75, 3.05) is 13.1 Å². The second-order valence-corrected chi connectivity index (χ2v) is 6.74. The van der Waals surface area contributed by atoms with E-state index in [9.17, 15) is 0 Å². The summed E-state index contributed by atoms with van der Waals surface area (Å²) >= 11 is 0. The Kier molecular flexibility index (Phi) is 4.56. The number of benzene rings is 1. The van der Waals surface area contributed by atoms with Crippen LogP contribution in [0.15, 0.2) is 41.4 Å². The van der Waals surface area contributed by atoms with Crippen LogP contribution in [0.4, 0.5) is 0 Å². The lowest BCUT2D eigenvalue weighted by Gasteiger charge is -2.31. The first-order chi connectivity index (χ1) is 12.3. The number of hydrogen-bond donors (Lipinski definition) is 0. The zero-order chi connectivity index (χ0) is 17.1. The molecule has 0 saturated carbocycles. The molecule has 0 bridgehead atoms. The zero-order valence-corrected chi connectivity index (χ0v) is 14.4. The van der Waals surface area contributed by atoms with Crippen molar-refractivity contribution in [2.45, 2.75) is 32.9 Å². The van der Waals surface area contributed by atoms with Crippen molar-refractivity contribution in [3.8, 4) is 11.4 Å². The fraction of sp³-hybridized carbons (Fsp3) is 0.444. The smallest absolute Gasteiger partial charge is 0.241 e. The van der Waals surface area contributed by atoms with Gasteiger partial charge in [-0.15, -0.1) is 0 Å². The molecule has 0 aliphatic carbocycles. The molecule has 0 N–H and O–H groups in total. The third-order valence-corrected chi connectivity index (χ3v) is 4.62. The highest BCUT2D eigenvalue weighted by Gasteiger charge is 2.22. The minimum atomic E-state index is 0.578. The van der Waals surface area contributed by atoms with Crippen LogP contribution in [0.2, 0.25) is 0 Å². The summed E-state index contributed by atoms with van der Waals surface area (Å²) in [6.45, 7) is 5.76. The second-order valence-electron chi connectivity index (χ2n) is 6.74. The summed E-state index contributed by atoms with van der Waals surface area (Å²) in [5.41, 5.74) is 2.19. The molecule has 7 nitrogen and oxygen atoms in total. The predicted molar refractivity (Wildman–Crippen MR) is 92.5 cm³/mol. The van der Waals surface area contributed by atoms with Gasteiger partial charge in [0.15, 0.2) is 0 Å². The number of aromatic nitrogens is 5. The number of aryl methyl sites for hydroxylation is 1. The Balaban J connectivity index is 1.38. The number of nitrogens with zero attached hydrogens (tertiary/aromatic N) is 6. The summed E-state index contributed by atoms with van der Waals surface area (Å²) < 4.78 is 7.39. The standard InChI is InChI=1S/C18H22N6O/c1-14-4-2-6-16(8-14)18-21-17(25-22-18)11-23-7-3-5-15(9-23)10-24-13-19-12-20-24/h2,4,6,8,12-13,15H,3,5,7,9-11H2,1H3/t15-/m0/s1. The Bertz CT molecular complexity index is 813. The van der Waals surface area contributed by atoms with E-state index in [1.165, 1.54) is 18.4 Å². The topological polar surface area (TPSA) is 72.9 Å². The normalized spacial score (nSPS) is 18.5. The Labute approximate surface area is 146 Å². The number of piperidine rings is 1. The first-order valence-corrected chi connectivity index (χ1v) is 8.70. The summed E-state index contributed by atoms with van der Waals surface area (Å²) in [6, 6.07) is 8.16. The van der Waals surface area contributed by atoms with Crippen molar-refractivity contribution in [1.82, 2.24) is 29.8 Å². The summed E-state index contributed by atoms with van der Waals surface area (Å²) in [6.07, 6.45) is 5.77. The third-order valence-electron chi connectivity index (χ3n) is 4.62. The van der Waals surface area contributed by atoms with Gasteiger partial charge in [0.2, 0.25) is 11.7 Å². The molecule has 0 amide bonds. The number of likely N-dealkylation sites (tertiary alicyclic amines) is 1. The van der Waals surface area contributed by atoms with Gasteiger partial charge in [-0.3, -0.25) is 9.58 Å². The van der Waals surface area contributed by atoms with Crippen molar-refractivity contribution >= 4 is 0 Å². The summed E-state index contributed by atoms with van der Waals surface area (Å²) in [5.74, 6) is 1.92. The Morgan fingerprint density at radius 3 is 3.12 bits per heavy atom. The van der Waals surface area contributed by atoms with Crippen molar-refractivity contribution in [2.24, 2.45) is 5.92 Å². The molecule has 130 valence electrons. The quantitative estimate of drug-likeness (QED) is 0.712. The Morgan fingerprint density at radius 1 is 1.32 bits per heavy atom. The molecule has 2 aromatic heterocycles. The van der Waals surface area contributed by atoms with E-state index in [-0.39, 0.29) is 0 Å². The van der Waals surface area contributed by atoms with Crippen LogP contribution in [0.1, 0.15) is 24.3 Å². The lowest BCUT2D eigenvalue weighted by Crippen LogP contribution is -2.36. The molecule has 1 saturated heterocycles. The fourth-order valence-corrected chi connectivity index (χ4v) is 3.45. The lowest BCUT2D eigenvalue weighted by molar-refractivity contribution is 0.138. The molecule has 1 atom stereocenters. The van der Waals surface area contributed by atoms with E-state index in [2.05, 4.69) is 44.2 Å². The molecule has 1 aromatic carbocycles. The van der Waals surface area contributed by atoms with Gasteiger partial charge >= 0.3 is 0 Å². The van der Waals surface area contributed by atoms with Crippen LogP contribution < -0.4 is 0 Å². The van der Waals surface area contributed by atoms with Gasteiger partial charge in [-0.05, 0) is 38.3 Å². The highest BCUT2D eigenvalue weighted by atomic mass is 16.5. The van der Waals surface area contributed by atoms with Crippen LogP contribution in [0.5, 0.6) is 0 Å². The molecule has 1 fully saturated rings. The average Bonchev–Trinajstić information content (AvgIpc) is 3.27. The second kappa shape index (κ2) is 7.14. The maximum Gasteiger partial charge on any atom is 0.241 e.